The normalized spacial score (nSPS) is 21.1. The van der Waals surface area contributed by atoms with E-state index in [4.69, 9.17) is 11.2 Å². The molecule has 7 nitrogen and oxygen atoms in total. The van der Waals surface area contributed by atoms with Crippen molar-refractivity contribution in [1.82, 2.24) is 10.9 Å². The third kappa shape index (κ3) is 3.57. The summed E-state index contributed by atoms with van der Waals surface area (Å²) in [6.45, 7) is 2.04. The van der Waals surface area contributed by atoms with Crippen LogP contribution in [0.1, 0.15) is 12.5 Å². The highest BCUT2D eigenvalue weighted by Gasteiger charge is 2.42. The van der Waals surface area contributed by atoms with Crippen LogP contribution in [0.15, 0.2) is 24.3 Å². The fraction of sp³-hybridized carbons (Fsp3) is 0.357. The van der Waals surface area contributed by atoms with Gasteiger partial charge in [0, 0.05) is 17.8 Å². The first kappa shape index (κ1) is 16.3. The summed E-state index contributed by atoms with van der Waals surface area (Å²) in [5, 5.41) is -1.12. The SMILES string of the molecule is C#Cc1cccc(NS(=O)(=O)C2NNCC2C(=O)OCC)c1. The Morgan fingerprint density at radius 1 is 1.55 bits per heavy atom. The minimum atomic E-state index is -3.84. The Balaban J connectivity index is 2.18. The third-order valence-electron chi connectivity index (χ3n) is 3.14. The van der Waals surface area contributed by atoms with Gasteiger partial charge in [0.25, 0.3) is 10.0 Å². The van der Waals surface area contributed by atoms with Crippen LogP contribution in [-0.4, -0.2) is 32.9 Å². The van der Waals surface area contributed by atoms with E-state index in [1.807, 2.05) is 0 Å². The number of carbonyl (C=O) groups excluding carboxylic acids is 1. The van der Waals surface area contributed by atoms with Crippen LogP contribution < -0.4 is 15.6 Å². The molecule has 1 aliphatic heterocycles. The monoisotopic (exact) mass is 323 g/mol. The Morgan fingerprint density at radius 2 is 2.32 bits per heavy atom. The third-order valence-corrected chi connectivity index (χ3v) is 4.78. The smallest absolute Gasteiger partial charge is 0.313 e. The van der Waals surface area contributed by atoms with E-state index in [2.05, 4.69) is 21.5 Å². The number of anilines is 1. The van der Waals surface area contributed by atoms with Crippen molar-refractivity contribution in [2.45, 2.75) is 12.3 Å². The summed E-state index contributed by atoms with van der Waals surface area (Å²) in [6.07, 6.45) is 5.29. The van der Waals surface area contributed by atoms with Gasteiger partial charge in [0.1, 0.15) is 5.92 Å². The Kier molecular flexibility index (Phi) is 5.03. The van der Waals surface area contributed by atoms with E-state index < -0.39 is 27.3 Å². The van der Waals surface area contributed by atoms with Gasteiger partial charge < -0.3 is 4.74 Å². The largest absolute Gasteiger partial charge is 0.466 e. The van der Waals surface area contributed by atoms with Gasteiger partial charge in [0.15, 0.2) is 5.37 Å². The molecule has 8 heteroatoms. The predicted octanol–water partition coefficient (Wildman–Crippen LogP) is 0.0228. The van der Waals surface area contributed by atoms with Crippen molar-refractivity contribution >= 4 is 21.7 Å². The standard InChI is InChI=1S/C14H17N3O4S/c1-3-10-6-5-7-11(8-10)17-22(19,20)13-12(9-15-16-13)14(18)21-4-2/h1,5-8,12-13,15-17H,4,9H2,2H3. The number of sulfonamides is 1. The lowest BCUT2D eigenvalue weighted by atomic mass is 10.2. The molecule has 0 aromatic heterocycles. The van der Waals surface area contributed by atoms with Gasteiger partial charge in [-0.3, -0.25) is 14.9 Å². The molecule has 3 N–H and O–H groups in total. The molecule has 1 heterocycles. The maximum atomic E-state index is 12.4. The van der Waals surface area contributed by atoms with Crippen LogP contribution in [0.3, 0.4) is 0 Å². The zero-order valence-electron chi connectivity index (χ0n) is 12.0. The molecule has 2 unspecified atom stereocenters. The zero-order valence-corrected chi connectivity index (χ0v) is 12.8. The molecule has 0 bridgehead atoms. The molecule has 118 valence electrons. The second-order valence-electron chi connectivity index (χ2n) is 4.68. The lowest BCUT2D eigenvalue weighted by molar-refractivity contribution is -0.147. The maximum Gasteiger partial charge on any atom is 0.313 e. The molecule has 0 radical (unpaired) electrons. The van der Waals surface area contributed by atoms with Gasteiger partial charge in [-0.1, -0.05) is 12.0 Å². The van der Waals surface area contributed by atoms with E-state index in [-0.39, 0.29) is 13.2 Å². The van der Waals surface area contributed by atoms with E-state index in [9.17, 15) is 13.2 Å². The summed E-state index contributed by atoms with van der Waals surface area (Å²) in [5.74, 6) is 1.04. The van der Waals surface area contributed by atoms with Crippen molar-refractivity contribution < 1.29 is 17.9 Å². The molecule has 1 fully saturated rings. The Hall–Kier alpha value is -2.08. The molecule has 2 atom stereocenters. The first-order valence-electron chi connectivity index (χ1n) is 6.71. The fourth-order valence-corrected chi connectivity index (χ4v) is 3.59. The zero-order chi connectivity index (χ0) is 16.2. The van der Waals surface area contributed by atoms with Crippen molar-refractivity contribution in [3.63, 3.8) is 0 Å². The fourth-order valence-electron chi connectivity index (χ4n) is 2.13. The molecular weight excluding hydrogens is 306 g/mol. The average Bonchev–Trinajstić information content (AvgIpc) is 2.97. The highest BCUT2D eigenvalue weighted by Crippen LogP contribution is 2.19. The van der Waals surface area contributed by atoms with E-state index in [1.54, 1.807) is 31.2 Å². The Bertz CT molecular complexity index is 696. The number of rotatable bonds is 5. The quantitative estimate of drug-likeness (QED) is 0.522. The topological polar surface area (TPSA) is 96.5 Å². The first-order valence-corrected chi connectivity index (χ1v) is 8.26. The van der Waals surface area contributed by atoms with Gasteiger partial charge in [-0.05, 0) is 25.1 Å². The van der Waals surface area contributed by atoms with Crippen LogP contribution in [0, 0.1) is 18.3 Å². The van der Waals surface area contributed by atoms with Gasteiger partial charge >= 0.3 is 5.97 Å². The number of ether oxygens (including phenoxy) is 1. The molecule has 22 heavy (non-hydrogen) atoms. The number of hydrogen-bond acceptors (Lipinski definition) is 6. The van der Waals surface area contributed by atoms with Crippen LogP contribution in [0.25, 0.3) is 0 Å². The lowest BCUT2D eigenvalue weighted by Crippen LogP contribution is -2.44. The number of esters is 1. The lowest BCUT2D eigenvalue weighted by Gasteiger charge is -2.18. The minimum absolute atomic E-state index is 0.175. The molecular formula is C14H17N3O4S. The van der Waals surface area contributed by atoms with Crippen molar-refractivity contribution in [2.24, 2.45) is 5.92 Å². The van der Waals surface area contributed by atoms with E-state index in [0.29, 0.717) is 11.3 Å². The van der Waals surface area contributed by atoms with E-state index >= 15 is 0 Å². The molecule has 1 saturated heterocycles. The van der Waals surface area contributed by atoms with Crippen LogP contribution in [0.5, 0.6) is 0 Å². The van der Waals surface area contributed by atoms with Gasteiger partial charge in [-0.15, -0.1) is 6.42 Å². The van der Waals surface area contributed by atoms with Gasteiger partial charge in [0.05, 0.1) is 6.61 Å². The number of hydrazine groups is 1. The van der Waals surface area contributed by atoms with E-state index in [0.717, 1.165) is 0 Å². The maximum absolute atomic E-state index is 12.4. The number of terminal acetylenes is 1. The number of benzene rings is 1. The number of nitrogens with one attached hydrogen (secondary N) is 3. The second-order valence-corrected chi connectivity index (χ2v) is 6.48. The highest BCUT2D eigenvalue weighted by atomic mass is 32.2. The Labute approximate surface area is 129 Å². The molecule has 1 aliphatic rings. The molecule has 0 saturated carbocycles. The summed E-state index contributed by atoms with van der Waals surface area (Å²) in [4.78, 5) is 11.8. The number of hydrogen-bond donors (Lipinski definition) is 3. The second kappa shape index (κ2) is 6.79. The van der Waals surface area contributed by atoms with Crippen molar-refractivity contribution in [3.8, 4) is 12.3 Å². The summed E-state index contributed by atoms with van der Waals surface area (Å²) in [7, 11) is -3.84. The molecule has 1 aromatic rings. The predicted molar refractivity (Wildman–Crippen MR) is 82.0 cm³/mol. The van der Waals surface area contributed by atoms with Crippen LogP contribution in [-0.2, 0) is 19.6 Å². The highest BCUT2D eigenvalue weighted by molar-refractivity contribution is 7.93. The average molecular weight is 323 g/mol. The van der Waals surface area contributed by atoms with Crippen molar-refractivity contribution in [1.29, 1.82) is 0 Å². The van der Waals surface area contributed by atoms with Crippen LogP contribution in [0.4, 0.5) is 5.69 Å². The molecule has 2 rings (SSSR count). The van der Waals surface area contributed by atoms with Crippen LogP contribution >= 0.6 is 0 Å². The molecule has 0 aliphatic carbocycles. The van der Waals surface area contributed by atoms with E-state index in [1.165, 1.54) is 0 Å². The first-order chi connectivity index (χ1) is 10.5. The summed E-state index contributed by atoms with van der Waals surface area (Å²) >= 11 is 0. The van der Waals surface area contributed by atoms with Gasteiger partial charge in [-0.2, -0.15) is 0 Å². The van der Waals surface area contributed by atoms with Crippen molar-refractivity contribution in [2.75, 3.05) is 17.9 Å². The summed E-state index contributed by atoms with van der Waals surface area (Å²) in [5.41, 5.74) is 6.16. The molecule has 1 aromatic carbocycles. The molecule has 0 spiro atoms. The number of carbonyl (C=O) groups is 1. The van der Waals surface area contributed by atoms with Gasteiger partial charge in [0.2, 0.25) is 0 Å². The van der Waals surface area contributed by atoms with Crippen molar-refractivity contribution in [3.05, 3.63) is 29.8 Å². The van der Waals surface area contributed by atoms with Gasteiger partial charge in [-0.25, -0.2) is 13.8 Å². The van der Waals surface area contributed by atoms with Crippen LogP contribution in [0.2, 0.25) is 0 Å². The summed E-state index contributed by atoms with van der Waals surface area (Å²) < 4.78 is 32.2. The summed E-state index contributed by atoms with van der Waals surface area (Å²) in [6, 6.07) is 6.46. The molecule has 0 amide bonds. The minimum Gasteiger partial charge on any atom is -0.466 e. The Morgan fingerprint density at radius 3 is 3.00 bits per heavy atom.